The first-order valence-corrected chi connectivity index (χ1v) is 9.07. The first kappa shape index (κ1) is 14.5. The van der Waals surface area contributed by atoms with Crippen molar-refractivity contribution in [1.82, 2.24) is 15.0 Å². The summed E-state index contributed by atoms with van der Waals surface area (Å²) in [4.78, 5) is 17.9. The lowest BCUT2D eigenvalue weighted by atomic mass is 10.0. The smallest absolute Gasteiger partial charge is 0.132 e. The summed E-state index contributed by atoms with van der Waals surface area (Å²) >= 11 is 6.31. The standard InChI is InChI=1S/C18H20ClN5/c19-15-6-20-4-3-17(15)23-7-13-9-24(10-14(13)8-23)18-5-16(12-1-2-12)21-11-22-18/h3-6,11-14H,1-2,7-10H2. The van der Waals surface area contributed by atoms with E-state index in [2.05, 4.69) is 30.8 Å². The van der Waals surface area contributed by atoms with Gasteiger partial charge in [0.2, 0.25) is 0 Å². The van der Waals surface area contributed by atoms with Crippen LogP contribution < -0.4 is 9.80 Å². The van der Waals surface area contributed by atoms with Gasteiger partial charge >= 0.3 is 0 Å². The van der Waals surface area contributed by atoms with Crippen LogP contribution in [0.5, 0.6) is 0 Å². The van der Waals surface area contributed by atoms with Crippen LogP contribution in [0.15, 0.2) is 30.9 Å². The molecule has 0 spiro atoms. The minimum absolute atomic E-state index is 0.675. The fourth-order valence-electron chi connectivity index (χ4n) is 4.14. The molecule has 4 heterocycles. The summed E-state index contributed by atoms with van der Waals surface area (Å²) in [5.74, 6) is 3.13. The molecule has 0 aromatic carbocycles. The molecule has 124 valence electrons. The van der Waals surface area contributed by atoms with Crippen LogP contribution in [0, 0.1) is 11.8 Å². The molecule has 5 rings (SSSR count). The van der Waals surface area contributed by atoms with Crippen LogP contribution in [0.1, 0.15) is 24.5 Å². The molecule has 2 saturated heterocycles. The van der Waals surface area contributed by atoms with E-state index in [1.807, 2.05) is 12.3 Å². The van der Waals surface area contributed by atoms with Crippen molar-refractivity contribution in [2.75, 3.05) is 36.0 Å². The fraction of sp³-hybridized carbons (Fsp3) is 0.500. The largest absolute Gasteiger partial charge is 0.370 e. The van der Waals surface area contributed by atoms with Crippen LogP contribution in [0.25, 0.3) is 0 Å². The van der Waals surface area contributed by atoms with Crippen molar-refractivity contribution in [2.45, 2.75) is 18.8 Å². The average molecular weight is 342 g/mol. The van der Waals surface area contributed by atoms with Crippen LogP contribution in [-0.4, -0.2) is 41.1 Å². The molecule has 1 aliphatic carbocycles. The summed E-state index contributed by atoms with van der Waals surface area (Å²) < 4.78 is 0. The van der Waals surface area contributed by atoms with Gasteiger partial charge < -0.3 is 9.80 Å². The molecule has 5 nitrogen and oxygen atoms in total. The van der Waals surface area contributed by atoms with E-state index in [0.29, 0.717) is 17.8 Å². The van der Waals surface area contributed by atoms with E-state index in [-0.39, 0.29) is 0 Å². The summed E-state index contributed by atoms with van der Waals surface area (Å²) in [6.07, 6.45) is 7.85. The lowest BCUT2D eigenvalue weighted by Crippen LogP contribution is -2.29. The second-order valence-electron chi connectivity index (χ2n) is 7.23. The summed E-state index contributed by atoms with van der Waals surface area (Å²) in [6, 6.07) is 4.23. The number of hydrogen-bond acceptors (Lipinski definition) is 5. The highest BCUT2D eigenvalue weighted by Crippen LogP contribution is 2.41. The number of halogens is 1. The van der Waals surface area contributed by atoms with Crippen molar-refractivity contribution in [2.24, 2.45) is 11.8 Å². The predicted molar refractivity (Wildman–Crippen MR) is 94.7 cm³/mol. The summed E-state index contributed by atoms with van der Waals surface area (Å²) in [6.45, 7) is 4.27. The number of nitrogens with zero attached hydrogens (tertiary/aromatic N) is 5. The van der Waals surface area contributed by atoms with Crippen molar-refractivity contribution < 1.29 is 0 Å². The topological polar surface area (TPSA) is 45.2 Å². The van der Waals surface area contributed by atoms with Gasteiger partial charge in [0, 0.05) is 68.1 Å². The molecular formula is C18H20ClN5. The Hall–Kier alpha value is -1.88. The normalized spacial score (nSPS) is 26.0. The van der Waals surface area contributed by atoms with Crippen molar-refractivity contribution in [3.05, 3.63) is 41.6 Å². The van der Waals surface area contributed by atoms with Crippen LogP contribution in [0.3, 0.4) is 0 Å². The number of fused-ring (bicyclic) bond motifs is 1. The van der Waals surface area contributed by atoms with E-state index in [4.69, 9.17) is 11.6 Å². The van der Waals surface area contributed by atoms with Gasteiger partial charge in [-0.2, -0.15) is 0 Å². The van der Waals surface area contributed by atoms with Gasteiger partial charge in [-0.25, -0.2) is 9.97 Å². The molecule has 24 heavy (non-hydrogen) atoms. The fourth-order valence-corrected chi connectivity index (χ4v) is 4.38. The Morgan fingerprint density at radius 3 is 2.46 bits per heavy atom. The van der Waals surface area contributed by atoms with Crippen LogP contribution >= 0.6 is 11.6 Å². The van der Waals surface area contributed by atoms with Gasteiger partial charge in [-0.05, 0) is 18.9 Å². The molecule has 2 aromatic heterocycles. The van der Waals surface area contributed by atoms with E-state index in [0.717, 1.165) is 42.7 Å². The number of aromatic nitrogens is 3. The van der Waals surface area contributed by atoms with E-state index in [1.165, 1.54) is 18.5 Å². The van der Waals surface area contributed by atoms with Gasteiger partial charge in [0.05, 0.1) is 10.7 Å². The summed E-state index contributed by atoms with van der Waals surface area (Å²) in [7, 11) is 0. The number of hydrogen-bond donors (Lipinski definition) is 0. The number of rotatable bonds is 3. The molecule has 0 radical (unpaired) electrons. The minimum atomic E-state index is 0.675. The van der Waals surface area contributed by atoms with Crippen molar-refractivity contribution in [3.63, 3.8) is 0 Å². The molecule has 3 fully saturated rings. The van der Waals surface area contributed by atoms with Crippen molar-refractivity contribution in [3.8, 4) is 0 Å². The monoisotopic (exact) mass is 341 g/mol. The predicted octanol–water partition coefficient (Wildman–Crippen LogP) is 2.98. The zero-order chi connectivity index (χ0) is 16.1. The minimum Gasteiger partial charge on any atom is -0.370 e. The van der Waals surface area contributed by atoms with Gasteiger partial charge in [-0.3, -0.25) is 4.98 Å². The SMILES string of the molecule is Clc1cnccc1N1CC2CN(c3cc(C4CC4)ncn3)CC2C1. The van der Waals surface area contributed by atoms with Crippen LogP contribution in [-0.2, 0) is 0 Å². The highest BCUT2D eigenvalue weighted by molar-refractivity contribution is 6.33. The third-order valence-electron chi connectivity index (χ3n) is 5.57. The molecule has 3 aliphatic rings. The maximum atomic E-state index is 6.31. The van der Waals surface area contributed by atoms with Crippen molar-refractivity contribution in [1.29, 1.82) is 0 Å². The van der Waals surface area contributed by atoms with Gasteiger partial charge in [-0.1, -0.05) is 11.6 Å². The Labute approximate surface area is 146 Å². The molecule has 1 saturated carbocycles. The highest BCUT2D eigenvalue weighted by atomic mass is 35.5. The Balaban J connectivity index is 1.30. The van der Waals surface area contributed by atoms with Gasteiger partial charge in [-0.15, -0.1) is 0 Å². The van der Waals surface area contributed by atoms with E-state index in [9.17, 15) is 0 Å². The molecule has 2 aliphatic heterocycles. The molecule has 2 atom stereocenters. The molecule has 0 amide bonds. The summed E-state index contributed by atoms with van der Waals surface area (Å²) in [5.41, 5.74) is 2.34. The lowest BCUT2D eigenvalue weighted by Gasteiger charge is -2.24. The number of anilines is 2. The molecule has 2 unspecified atom stereocenters. The summed E-state index contributed by atoms with van der Waals surface area (Å²) in [5, 5.41) is 0.749. The average Bonchev–Trinajstić information content (AvgIpc) is 3.26. The second-order valence-corrected chi connectivity index (χ2v) is 7.64. The van der Waals surface area contributed by atoms with E-state index < -0.39 is 0 Å². The van der Waals surface area contributed by atoms with Crippen LogP contribution in [0.2, 0.25) is 5.02 Å². The zero-order valence-corrected chi connectivity index (χ0v) is 14.2. The second kappa shape index (κ2) is 5.59. The van der Waals surface area contributed by atoms with Gasteiger partial charge in [0.15, 0.2) is 0 Å². The Morgan fingerprint density at radius 1 is 1.00 bits per heavy atom. The zero-order valence-electron chi connectivity index (χ0n) is 13.5. The maximum Gasteiger partial charge on any atom is 0.132 e. The van der Waals surface area contributed by atoms with E-state index >= 15 is 0 Å². The molecule has 2 aromatic rings. The molecular weight excluding hydrogens is 322 g/mol. The first-order valence-electron chi connectivity index (χ1n) is 8.69. The van der Waals surface area contributed by atoms with E-state index in [1.54, 1.807) is 12.5 Å². The van der Waals surface area contributed by atoms with Crippen LogP contribution in [0.4, 0.5) is 11.5 Å². The maximum absolute atomic E-state index is 6.31. The van der Waals surface area contributed by atoms with Gasteiger partial charge in [0.25, 0.3) is 0 Å². The Morgan fingerprint density at radius 2 is 1.75 bits per heavy atom. The third-order valence-corrected chi connectivity index (χ3v) is 5.86. The quantitative estimate of drug-likeness (QED) is 0.858. The number of pyridine rings is 1. The molecule has 0 N–H and O–H groups in total. The highest BCUT2D eigenvalue weighted by Gasteiger charge is 2.41. The van der Waals surface area contributed by atoms with Gasteiger partial charge in [0.1, 0.15) is 12.1 Å². The third kappa shape index (κ3) is 2.51. The molecule has 6 heteroatoms. The molecule has 0 bridgehead atoms. The lowest BCUT2D eigenvalue weighted by molar-refractivity contribution is 0.533. The Kier molecular flexibility index (Phi) is 3.37. The van der Waals surface area contributed by atoms with Crippen molar-refractivity contribution >= 4 is 23.1 Å². The Bertz CT molecular complexity index is 749. The first-order chi connectivity index (χ1) is 11.8.